The summed E-state index contributed by atoms with van der Waals surface area (Å²) in [6.07, 6.45) is 2.70. The lowest BCUT2D eigenvalue weighted by Crippen LogP contribution is -2.28. The lowest BCUT2D eigenvalue weighted by atomic mass is 9.91. The second-order valence-corrected chi connectivity index (χ2v) is 4.15. The normalized spacial score (nSPS) is 14.2. The molecule has 74 valence electrons. The van der Waals surface area contributed by atoms with Crippen molar-refractivity contribution in [1.29, 1.82) is 0 Å². The fourth-order valence-electron chi connectivity index (χ4n) is 1.54. The molecule has 0 saturated carbocycles. The highest BCUT2D eigenvalue weighted by Gasteiger charge is 2.13. The predicted octanol–water partition coefficient (Wildman–Crippen LogP) is 3.01. The molecular formula is C11H25N. The average molecular weight is 171 g/mol. The smallest absolute Gasteiger partial charge is 0.000893 e. The average Bonchev–Trinajstić information content (AvgIpc) is 2.03. The van der Waals surface area contributed by atoms with E-state index in [-0.39, 0.29) is 0 Å². The van der Waals surface area contributed by atoms with Crippen LogP contribution >= 0.6 is 0 Å². The first kappa shape index (κ1) is 12.0. The van der Waals surface area contributed by atoms with Gasteiger partial charge in [-0.2, -0.15) is 0 Å². The van der Waals surface area contributed by atoms with E-state index in [0.29, 0.717) is 0 Å². The van der Waals surface area contributed by atoms with Crippen molar-refractivity contribution in [1.82, 2.24) is 4.90 Å². The summed E-state index contributed by atoms with van der Waals surface area (Å²) in [5, 5.41) is 0. The molecule has 0 aromatic heterocycles. The molecule has 0 aromatic rings. The maximum absolute atomic E-state index is 2.42. The van der Waals surface area contributed by atoms with Crippen molar-refractivity contribution < 1.29 is 0 Å². The van der Waals surface area contributed by atoms with E-state index < -0.39 is 0 Å². The molecule has 0 saturated heterocycles. The predicted molar refractivity (Wildman–Crippen MR) is 56.4 cm³/mol. The zero-order valence-electron chi connectivity index (χ0n) is 9.43. The maximum atomic E-state index is 2.42. The van der Waals surface area contributed by atoms with E-state index in [2.05, 4.69) is 39.6 Å². The van der Waals surface area contributed by atoms with E-state index in [4.69, 9.17) is 0 Å². The first-order chi connectivity index (χ1) is 5.61. The Morgan fingerprint density at radius 3 is 2.08 bits per heavy atom. The molecule has 0 heterocycles. The van der Waals surface area contributed by atoms with Crippen LogP contribution in [-0.2, 0) is 0 Å². The Morgan fingerprint density at radius 1 is 1.17 bits per heavy atom. The Morgan fingerprint density at radius 2 is 1.75 bits per heavy atom. The zero-order valence-corrected chi connectivity index (χ0v) is 9.43. The lowest BCUT2D eigenvalue weighted by molar-refractivity contribution is 0.232. The van der Waals surface area contributed by atoms with Gasteiger partial charge in [-0.1, -0.05) is 34.1 Å². The van der Waals surface area contributed by atoms with Crippen LogP contribution < -0.4 is 0 Å². The fraction of sp³-hybridized carbons (Fsp3) is 1.00. The van der Waals surface area contributed by atoms with E-state index in [1.54, 1.807) is 0 Å². The van der Waals surface area contributed by atoms with E-state index >= 15 is 0 Å². The van der Waals surface area contributed by atoms with Gasteiger partial charge in [0.1, 0.15) is 0 Å². The molecule has 12 heavy (non-hydrogen) atoms. The van der Waals surface area contributed by atoms with Gasteiger partial charge in [0.25, 0.3) is 0 Å². The standard InChI is InChI=1S/C11H25N/c1-6-8-11(10(3)4)9-12(5)7-2/h10-11H,6-9H2,1-5H3. The third-order valence-corrected chi connectivity index (χ3v) is 2.69. The molecule has 0 amide bonds. The van der Waals surface area contributed by atoms with Crippen LogP contribution in [0, 0.1) is 11.8 Å². The van der Waals surface area contributed by atoms with E-state index in [9.17, 15) is 0 Å². The molecule has 0 fully saturated rings. The van der Waals surface area contributed by atoms with Crippen molar-refractivity contribution in [3.63, 3.8) is 0 Å². The van der Waals surface area contributed by atoms with Crippen LogP contribution in [0.2, 0.25) is 0 Å². The molecule has 0 aliphatic carbocycles. The van der Waals surface area contributed by atoms with Crippen LogP contribution in [0.5, 0.6) is 0 Å². The molecule has 1 unspecified atom stereocenters. The molecule has 0 spiro atoms. The second kappa shape index (κ2) is 6.47. The van der Waals surface area contributed by atoms with Crippen LogP contribution in [0.4, 0.5) is 0 Å². The maximum Gasteiger partial charge on any atom is 0.000893 e. The molecule has 0 bridgehead atoms. The Kier molecular flexibility index (Phi) is 6.45. The summed E-state index contributed by atoms with van der Waals surface area (Å²) in [7, 11) is 2.21. The van der Waals surface area contributed by atoms with Gasteiger partial charge in [0, 0.05) is 6.54 Å². The van der Waals surface area contributed by atoms with Crippen molar-refractivity contribution in [3.8, 4) is 0 Å². The van der Waals surface area contributed by atoms with Gasteiger partial charge >= 0.3 is 0 Å². The molecule has 0 aliphatic heterocycles. The summed E-state index contributed by atoms with van der Waals surface area (Å²) in [6.45, 7) is 11.6. The lowest BCUT2D eigenvalue weighted by Gasteiger charge is -2.25. The number of nitrogens with zero attached hydrogens (tertiary/aromatic N) is 1. The Hall–Kier alpha value is -0.0400. The first-order valence-electron chi connectivity index (χ1n) is 5.30. The van der Waals surface area contributed by atoms with Gasteiger partial charge < -0.3 is 4.90 Å². The van der Waals surface area contributed by atoms with E-state index in [0.717, 1.165) is 11.8 Å². The minimum absolute atomic E-state index is 0.832. The van der Waals surface area contributed by atoms with Gasteiger partial charge in [0.15, 0.2) is 0 Å². The van der Waals surface area contributed by atoms with Crippen LogP contribution in [0.25, 0.3) is 0 Å². The highest BCUT2D eigenvalue weighted by Crippen LogP contribution is 2.17. The van der Waals surface area contributed by atoms with Gasteiger partial charge in [-0.25, -0.2) is 0 Å². The molecule has 0 aromatic carbocycles. The molecule has 1 heteroatoms. The Bertz CT molecular complexity index is 99.2. The highest BCUT2D eigenvalue weighted by atomic mass is 15.1. The number of hydrogen-bond donors (Lipinski definition) is 0. The van der Waals surface area contributed by atoms with Crippen molar-refractivity contribution in [3.05, 3.63) is 0 Å². The summed E-state index contributed by atoms with van der Waals surface area (Å²) in [6, 6.07) is 0. The quantitative estimate of drug-likeness (QED) is 0.594. The SMILES string of the molecule is CCCC(CN(C)CC)C(C)C. The minimum atomic E-state index is 0.832. The van der Waals surface area contributed by atoms with Gasteiger partial charge in [-0.3, -0.25) is 0 Å². The topological polar surface area (TPSA) is 3.24 Å². The van der Waals surface area contributed by atoms with Crippen molar-refractivity contribution in [2.45, 2.75) is 40.5 Å². The molecule has 1 nitrogen and oxygen atoms in total. The number of hydrogen-bond acceptors (Lipinski definition) is 1. The van der Waals surface area contributed by atoms with Gasteiger partial charge in [-0.05, 0) is 31.8 Å². The summed E-state index contributed by atoms with van der Waals surface area (Å²) in [5.74, 6) is 1.72. The van der Waals surface area contributed by atoms with Crippen molar-refractivity contribution in [2.24, 2.45) is 11.8 Å². The first-order valence-corrected chi connectivity index (χ1v) is 5.30. The molecule has 0 radical (unpaired) electrons. The molecular weight excluding hydrogens is 146 g/mol. The van der Waals surface area contributed by atoms with Crippen LogP contribution in [0.1, 0.15) is 40.5 Å². The number of rotatable bonds is 6. The van der Waals surface area contributed by atoms with E-state index in [1.165, 1.54) is 25.9 Å². The largest absolute Gasteiger partial charge is 0.306 e. The van der Waals surface area contributed by atoms with Crippen LogP contribution in [0.15, 0.2) is 0 Å². The highest BCUT2D eigenvalue weighted by molar-refractivity contribution is 4.65. The molecule has 0 rings (SSSR count). The van der Waals surface area contributed by atoms with Crippen molar-refractivity contribution in [2.75, 3.05) is 20.1 Å². The summed E-state index contributed by atoms with van der Waals surface area (Å²) >= 11 is 0. The second-order valence-electron chi connectivity index (χ2n) is 4.15. The monoisotopic (exact) mass is 171 g/mol. The van der Waals surface area contributed by atoms with Crippen LogP contribution in [0.3, 0.4) is 0 Å². The molecule has 1 atom stereocenters. The fourth-order valence-corrected chi connectivity index (χ4v) is 1.54. The molecule has 0 N–H and O–H groups in total. The minimum Gasteiger partial charge on any atom is -0.306 e. The van der Waals surface area contributed by atoms with Gasteiger partial charge in [-0.15, -0.1) is 0 Å². The van der Waals surface area contributed by atoms with E-state index in [1.807, 2.05) is 0 Å². The Balaban J connectivity index is 3.77. The summed E-state index contributed by atoms with van der Waals surface area (Å²) < 4.78 is 0. The third-order valence-electron chi connectivity index (χ3n) is 2.69. The summed E-state index contributed by atoms with van der Waals surface area (Å²) in [5.41, 5.74) is 0. The zero-order chi connectivity index (χ0) is 9.56. The van der Waals surface area contributed by atoms with Crippen molar-refractivity contribution >= 4 is 0 Å². The third kappa shape index (κ3) is 4.76. The molecule has 0 aliphatic rings. The van der Waals surface area contributed by atoms with Crippen LogP contribution in [-0.4, -0.2) is 25.0 Å². The van der Waals surface area contributed by atoms with Gasteiger partial charge in [0.2, 0.25) is 0 Å². The summed E-state index contributed by atoms with van der Waals surface area (Å²) in [4.78, 5) is 2.42. The Labute approximate surface area is 78.1 Å². The van der Waals surface area contributed by atoms with Gasteiger partial charge in [0.05, 0.1) is 0 Å².